The van der Waals surface area contributed by atoms with Crippen LogP contribution in [0.5, 0.6) is 5.75 Å². The number of hydrogen-bond donors (Lipinski definition) is 2. The maximum atomic E-state index is 12.2. The molecule has 0 saturated heterocycles. The first-order valence-corrected chi connectivity index (χ1v) is 8.66. The summed E-state index contributed by atoms with van der Waals surface area (Å²) < 4.78 is 5.33. The molecule has 3 aromatic rings. The lowest BCUT2D eigenvalue weighted by Crippen LogP contribution is -2.20. The smallest absolute Gasteiger partial charge is 0.345 e. The summed E-state index contributed by atoms with van der Waals surface area (Å²) in [6.07, 6.45) is -0.00601. The molecular formula is C21H19N3O4. The second kappa shape index (κ2) is 8.30. The van der Waals surface area contributed by atoms with E-state index >= 15 is 0 Å². The zero-order valence-corrected chi connectivity index (χ0v) is 15.5. The summed E-state index contributed by atoms with van der Waals surface area (Å²) in [6, 6.07) is 15.4. The van der Waals surface area contributed by atoms with Crippen LogP contribution in [0.4, 0.5) is 5.69 Å². The molecule has 2 N–H and O–H groups in total. The van der Waals surface area contributed by atoms with Gasteiger partial charge in [0.25, 0.3) is 5.91 Å². The Bertz CT molecular complexity index is 1030. The molecule has 0 bridgehead atoms. The van der Waals surface area contributed by atoms with Gasteiger partial charge in [0.05, 0.1) is 6.42 Å². The van der Waals surface area contributed by atoms with E-state index in [1.54, 1.807) is 62.4 Å². The molecule has 28 heavy (non-hydrogen) atoms. The number of nitrogens with zero attached hydrogens (tertiary/aromatic N) is 1. The third-order valence-electron chi connectivity index (χ3n) is 4.15. The first-order valence-electron chi connectivity index (χ1n) is 8.66. The zero-order chi connectivity index (χ0) is 20.1. The molecule has 0 aliphatic heterocycles. The molecule has 0 unspecified atom stereocenters. The Morgan fingerprint density at radius 3 is 2.36 bits per heavy atom. The van der Waals surface area contributed by atoms with Crippen molar-refractivity contribution in [1.29, 1.82) is 0 Å². The van der Waals surface area contributed by atoms with Gasteiger partial charge in [0, 0.05) is 28.2 Å². The van der Waals surface area contributed by atoms with Crippen LogP contribution in [0.2, 0.25) is 0 Å². The summed E-state index contributed by atoms with van der Waals surface area (Å²) in [5, 5.41) is 2.78. The second-order valence-corrected chi connectivity index (χ2v) is 6.23. The number of carbonyl (C=O) groups is 2. The van der Waals surface area contributed by atoms with Crippen LogP contribution < -0.4 is 15.7 Å². The number of aryl methyl sites for hydroxylation is 2. The van der Waals surface area contributed by atoms with Gasteiger partial charge in [-0.25, -0.2) is 4.79 Å². The van der Waals surface area contributed by atoms with E-state index in [4.69, 9.17) is 4.74 Å². The predicted molar refractivity (Wildman–Crippen MR) is 105 cm³/mol. The third-order valence-corrected chi connectivity index (χ3v) is 4.15. The third kappa shape index (κ3) is 4.70. The highest BCUT2D eigenvalue weighted by atomic mass is 16.5. The number of anilines is 1. The highest BCUT2D eigenvalue weighted by Crippen LogP contribution is 2.18. The van der Waals surface area contributed by atoms with Gasteiger partial charge in [0.1, 0.15) is 5.75 Å². The van der Waals surface area contributed by atoms with E-state index in [-0.39, 0.29) is 12.3 Å². The van der Waals surface area contributed by atoms with E-state index in [1.807, 2.05) is 6.07 Å². The molecule has 0 aliphatic carbocycles. The van der Waals surface area contributed by atoms with Crippen molar-refractivity contribution in [3.05, 3.63) is 87.6 Å². The fourth-order valence-electron chi connectivity index (χ4n) is 2.73. The standard InChI is InChI=1S/C21H19N3O4/c1-13-18(14(2)23-21(27)22-13)12-19(25)28-17-10-8-16(9-11-17)24-20(26)15-6-4-3-5-7-15/h3-11H,12H2,1-2H3,(H,24,26)(H,22,23,27). The zero-order valence-electron chi connectivity index (χ0n) is 15.5. The first-order chi connectivity index (χ1) is 13.4. The van der Waals surface area contributed by atoms with Gasteiger partial charge in [-0.1, -0.05) is 18.2 Å². The van der Waals surface area contributed by atoms with E-state index in [0.29, 0.717) is 34.0 Å². The Kier molecular flexibility index (Phi) is 5.64. The first kappa shape index (κ1) is 19.0. The molecule has 1 heterocycles. The number of carbonyl (C=O) groups excluding carboxylic acids is 2. The number of benzene rings is 2. The maximum Gasteiger partial charge on any atom is 0.345 e. The SMILES string of the molecule is Cc1nc(=O)[nH]c(C)c1CC(=O)Oc1ccc(NC(=O)c2ccccc2)cc1. The number of H-pyrrole nitrogens is 1. The van der Waals surface area contributed by atoms with Crippen LogP contribution in [0.1, 0.15) is 27.3 Å². The van der Waals surface area contributed by atoms with Crippen LogP contribution in [0.15, 0.2) is 59.4 Å². The van der Waals surface area contributed by atoms with Crippen molar-refractivity contribution in [3.8, 4) is 5.75 Å². The summed E-state index contributed by atoms with van der Waals surface area (Å²) in [5.41, 5.74) is 2.42. The van der Waals surface area contributed by atoms with E-state index in [2.05, 4.69) is 15.3 Å². The number of aromatic amines is 1. The van der Waals surface area contributed by atoms with Crippen LogP contribution >= 0.6 is 0 Å². The monoisotopic (exact) mass is 377 g/mol. The van der Waals surface area contributed by atoms with Crippen LogP contribution in [-0.2, 0) is 11.2 Å². The van der Waals surface area contributed by atoms with Gasteiger partial charge in [-0.15, -0.1) is 0 Å². The number of rotatable bonds is 5. The maximum absolute atomic E-state index is 12.2. The average molecular weight is 377 g/mol. The molecule has 0 fully saturated rings. The van der Waals surface area contributed by atoms with Gasteiger partial charge < -0.3 is 15.0 Å². The molecule has 0 spiro atoms. The normalized spacial score (nSPS) is 10.4. The topological polar surface area (TPSA) is 101 Å². The summed E-state index contributed by atoms with van der Waals surface area (Å²) in [6.45, 7) is 3.39. The quantitative estimate of drug-likeness (QED) is 0.526. The molecule has 142 valence electrons. The second-order valence-electron chi connectivity index (χ2n) is 6.23. The number of ether oxygens (including phenoxy) is 1. The molecule has 0 aliphatic rings. The number of esters is 1. The van der Waals surface area contributed by atoms with Gasteiger partial charge in [-0.3, -0.25) is 9.59 Å². The molecule has 7 heteroatoms. The molecule has 2 aromatic carbocycles. The Balaban J connectivity index is 1.62. The van der Waals surface area contributed by atoms with Crippen molar-refractivity contribution >= 4 is 17.6 Å². The Hall–Kier alpha value is -3.74. The van der Waals surface area contributed by atoms with Crippen LogP contribution in [0.3, 0.4) is 0 Å². The largest absolute Gasteiger partial charge is 0.426 e. The number of aromatic nitrogens is 2. The molecule has 0 atom stereocenters. The summed E-state index contributed by atoms with van der Waals surface area (Å²) in [7, 11) is 0. The van der Waals surface area contributed by atoms with Gasteiger partial charge in [-0.2, -0.15) is 4.98 Å². The Morgan fingerprint density at radius 2 is 1.71 bits per heavy atom. The molecule has 1 aromatic heterocycles. The van der Waals surface area contributed by atoms with Crippen molar-refractivity contribution in [1.82, 2.24) is 9.97 Å². The summed E-state index contributed by atoms with van der Waals surface area (Å²) >= 11 is 0. The predicted octanol–water partition coefficient (Wildman–Crippen LogP) is 2.79. The fraction of sp³-hybridized carbons (Fsp3) is 0.143. The Morgan fingerprint density at radius 1 is 1.04 bits per heavy atom. The lowest BCUT2D eigenvalue weighted by Gasteiger charge is -2.09. The van der Waals surface area contributed by atoms with Crippen molar-refractivity contribution in [3.63, 3.8) is 0 Å². The minimum atomic E-state index is -0.471. The van der Waals surface area contributed by atoms with Crippen LogP contribution in [0.25, 0.3) is 0 Å². The summed E-state index contributed by atoms with van der Waals surface area (Å²) in [4.78, 5) is 42.0. The van der Waals surface area contributed by atoms with Gasteiger partial charge in [0.2, 0.25) is 0 Å². The number of nitrogens with one attached hydrogen (secondary N) is 2. The molecule has 7 nitrogen and oxygen atoms in total. The average Bonchev–Trinajstić information content (AvgIpc) is 2.67. The van der Waals surface area contributed by atoms with Crippen LogP contribution in [-0.4, -0.2) is 21.8 Å². The van der Waals surface area contributed by atoms with Crippen LogP contribution in [0, 0.1) is 13.8 Å². The number of amides is 1. The fourth-order valence-corrected chi connectivity index (χ4v) is 2.73. The minimum Gasteiger partial charge on any atom is -0.426 e. The van der Waals surface area contributed by atoms with Gasteiger partial charge >= 0.3 is 11.7 Å². The lowest BCUT2D eigenvalue weighted by atomic mass is 10.1. The van der Waals surface area contributed by atoms with Gasteiger partial charge in [-0.05, 0) is 50.2 Å². The van der Waals surface area contributed by atoms with Gasteiger partial charge in [0.15, 0.2) is 0 Å². The molecule has 0 saturated carbocycles. The molecular weight excluding hydrogens is 358 g/mol. The minimum absolute atomic E-state index is 0.00601. The molecule has 3 rings (SSSR count). The van der Waals surface area contributed by atoms with E-state index < -0.39 is 11.7 Å². The number of hydrogen-bond acceptors (Lipinski definition) is 5. The van der Waals surface area contributed by atoms with E-state index in [0.717, 1.165) is 0 Å². The van der Waals surface area contributed by atoms with E-state index in [9.17, 15) is 14.4 Å². The van der Waals surface area contributed by atoms with Crippen molar-refractivity contribution in [2.75, 3.05) is 5.32 Å². The van der Waals surface area contributed by atoms with Crippen molar-refractivity contribution < 1.29 is 14.3 Å². The van der Waals surface area contributed by atoms with E-state index in [1.165, 1.54) is 0 Å². The molecule has 0 radical (unpaired) electrons. The lowest BCUT2D eigenvalue weighted by molar-refractivity contribution is -0.133. The molecule has 1 amide bonds. The highest BCUT2D eigenvalue weighted by molar-refractivity contribution is 6.04. The summed E-state index contributed by atoms with van der Waals surface area (Å²) in [5.74, 6) is -0.335. The Labute approximate surface area is 161 Å². The highest BCUT2D eigenvalue weighted by Gasteiger charge is 2.13. The van der Waals surface area contributed by atoms with Crippen molar-refractivity contribution in [2.45, 2.75) is 20.3 Å². The van der Waals surface area contributed by atoms with Crippen molar-refractivity contribution in [2.24, 2.45) is 0 Å².